The van der Waals surface area contributed by atoms with Gasteiger partial charge in [-0.3, -0.25) is 0 Å². The molecule has 0 bridgehead atoms. The van der Waals surface area contributed by atoms with Crippen LogP contribution in [-0.4, -0.2) is 6.54 Å². The summed E-state index contributed by atoms with van der Waals surface area (Å²) in [6.07, 6.45) is 0.746. The molecule has 0 fully saturated rings. The van der Waals surface area contributed by atoms with Crippen LogP contribution in [0.4, 0.5) is 4.39 Å². The molecular formula is C17H19ClFN. The lowest BCUT2D eigenvalue weighted by Crippen LogP contribution is -2.23. The zero-order chi connectivity index (χ0) is 14.5. The molecule has 1 atom stereocenters. The van der Waals surface area contributed by atoms with Crippen molar-refractivity contribution >= 4 is 11.6 Å². The minimum Gasteiger partial charge on any atom is -0.310 e. The zero-order valence-electron chi connectivity index (χ0n) is 11.8. The van der Waals surface area contributed by atoms with Crippen LogP contribution in [0.5, 0.6) is 0 Å². The van der Waals surface area contributed by atoms with E-state index < -0.39 is 0 Å². The average molecular weight is 292 g/mol. The summed E-state index contributed by atoms with van der Waals surface area (Å²) < 4.78 is 13.4. The van der Waals surface area contributed by atoms with Gasteiger partial charge in [0.1, 0.15) is 5.82 Å². The summed E-state index contributed by atoms with van der Waals surface area (Å²) >= 11 is 6.29. The van der Waals surface area contributed by atoms with Gasteiger partial charge in [-0.05, 0) is 54.8 Å². The maximum atomic E-state index is 13.4. The highest BCUT2D eigenvalue weighted by Gasteiger charge is 2.13. The molecule has 20 heavy (non-hydrogen) atoms. The van der Waals surface area contributed by atoms with E-state index in [-0.39, 0.29) is 11.9 Å². The zero-order valence-corrected chi connectivity index (χ0v) is 12.5. The molecule has 2 aromatic carbocycles. The summed E-state index contributed by atoms with van der Waals surface area (Å²) in [7, 11) is 0. The Morgan fingerprint density at radius 2 is 2.00 bits per heavy atom. The fourth-order valence-electron chi connectivity index (χ4n) is 2.32. The van der Waals surface area contributed by atoms with Crippen LogP contribution in [0.1, 0.15) is 29.7 Å². The fourth-order valence-corrected chi connectivity index (χ4v) is 2.63. The summed E-state index contributed by atoms with van der Waals surface area (Å²) in [5.41, 5.74) is 3.17. The minimum absolute atomic E-state index is 0.0657. The fraction of sp³-hybridized carbons (Fsp3) is 0.294. The van der Waals surface area contributed by atoms with Crippen LogP contribution in [0.3, 0.4) is 0 Å². The third-order valence-corrected chi connectivity index (χ3v) is 3.69. The molecule has 0 aliphatic heterocycles. The van der Waals surface area contributed by atoms with Gasteiger partial charge in [-0.25, -0.2) is 4.39 Å². The van der Waals surface area contributed by atoms with E-state index in [4.69, 9.17) is 11.6 Å². The van der Waals surface area contributed by atoms with Crippen LogP contribution >= 0.6 is 11.6 Å². The molecular weight excluding hydrogens is 273 g/mol. The van der Waals surface area contributed by atoms with Crippen molar-refractivity contribution in [2.75, 3.05) is 6.54 Å². The van der Waals surface area contributed by atoms with Gasteiger partial charge in [0, 0.05) is 11.1 Å². The Kier molecular flexibility index (Phi) is 5.16. The maximum absolute atomic E-state index is 13.4. The predicted molar refractivity (Wildman–Crippen MR) is 82.7 cm³/mol. The Morgan fingerprint density at radius 3 is 2.65 bits per heavy atom. The van der Waals surface area contributed by atoms with Crippen LogP contribution in [0, 0.1) is 12.7 Å². The van der Waals surface area contributed by atoms with Gasteiger partial charge in [0.15, 0.2) is 0 Å². The highest BCUT2D eigenvalue weighted by atomic mass is 35.5. The van der Waals surface area contributed by atoms with E-state index in [9.17, 15) is 4.39 Å². The van der Waals surface area contributed by atoms with E-state index in [0.29, 0.717) is 0 Å². The van der Waals surface area contributed by atoms with Crippen LogP contribution in [0.25, 0.3) is 0 Å². The SMILES string of the molecule is CCNC(Cc1ccc(C)cc1Cl)c1cccc(F)c1. The highest BCUT2D eigenvalue weighted by molar-refractivity contribution is 6.31. The van der Waals surface area contributed by atoms with E-state index >= 15 is 0 Å². The Bertz CT molecular complexity index is 583. The topological polar surface area (TPSA) is 12.0 Å². The van der Waals surface area contributed by atoms with Gasteiger partial charge in [-0.2, -0.15) is 0 Å². The molecule has 0 saturated carbocycles. The lowest BCUT2D eigenvalue weighted by molar-refractivity contribution is 0.543. The summed E-state index contributed by atoms with van der Waals surface area (Å²) in [4.78, 5) is 0. The van der Waals surface area contributed by atoms with Gasteiger partial charge in [-0.1, -0.05) is 42.8 Å². The molecule has 0 saturated heterocycles. The first-order valence-corrected chi connectivity index (χ1v) is 7.22. The molecule has 0 aliphatic rings. The normalized spacial score (nSPS) is 12.4. The van der Waals surface area contributed by atoms with Crippen molar-refractivity contribution in [1.29, 1.82) is 0 Å². The standard InChI is InChI=1S/C17H19ClFN/c1-3-20-17(14-5-4-6-15(19)10-14)11-13-8-7-12(2)9-16(13)18/h4-10,17,20H,3,11H2,1-2H3. The highest BCUT2D eigenvalue weighted by Crippen LogP contribution is 2.25. The maximum Gasteiger partial charge on any atom is 0.123 e. The monoisotopic (exact) mass is 291 g/mol. The van der Waals surface area contributed by atoms with Crippen molar-refractivity contribution in [3.8, 4) is 0 Å². The van der Waals surface area contributed by atoms with E-state index in [1.54, 1.807) is 12.1 Å². The first-order valence-electron chi connectivity index (χ1n) is 6.84. The molecule has 0 radical (unpaired) electrons. The quantitative estimate of drug-likeness (QED) is 0.843. The number of benzene rings is 2. The first-order chi connectivity index (χ1) is 9.60. The van der Waals surface area contributed by atoms with Crippen molar-refractivity contribution < 1.29 is 4.39 Å². The molecule has 0 heterocycles. The van der Waals surface area contributed by atoms with Gasteiger partial charge in [-0.15, -0.1) is 0 Å². The second-order valence-electron chi connectivity index (χ2n) is 4.96. The van der Waals surface area contributed by atoms with Gasteiger partial charge in [0.2, 0.25) is 0 Å². The van der Waals surface area contributed by atoms with Crippen LogP contribution in [-0.2, 0) is 6.42 Å². The van der Waals surface area contributed by atoms with Gasteiger partial charge < -0.3 is 5.32 Å². The number of rotatable bonds is 5. The second kappa shape index (κ2) is 6.87. The lowest BCUT2D eigenvalue weighted by Gasteiger charge is -2.19. The van der Waals surface area contributed by atoms with Crippen LogP contribution in [0.2, 0.25) is 5.02 Å². The number of halogens is 2. The van der Waals surface area contributed by atoms with Crippen molar-refractivity contribution in [2.45, 2.75) is 26.3 Å². The van der Waals surface area contributed by atoms with Crippen LogP contribution in [0.15, 0.2) is 42.5 Å². The number of aryl methyl sites for hydroxylation is 1. The minimum atomic E-state index is -0.208. The molecule has 1 N–H and O–H groups in total. The van der Waals surface area contributed by atoms with Gasteiger partial charge in [0.25, 0.3) is 0 Å². The molecule has 0 aliphatic carbocycles. The molecule has 2 aromatic rings. The second-order valence-corrected chi connectivity index (χ2v) is 5.37. The summed E-state index contributed by atoms with van der Waals surface area (Å²) in [6, 6.07) is 12.9. The molecule has 106 valence electrons. The van der Waals surface area contributed by atoms with E-state index in [1.165, 1.54) is 6.07 Å². The van der Waals surface area contributed by atoms with E-state index in [0.717, 1.165) is 34.7 Å². The molecule has 0 amide bonds. The van der Waals surface area contributed by atoms with E-state index in [2.05, 4.69) is 11.4 Å². The summed E-state index contributed by atoms with van der Waals surface area (Å²) in [5, 5.41) is 4.16. The van der Waals surface area contributed by atoms with Crippen molar-refractivity contribution in [3.63, 3.8) is 0 Å². The van der Waals surface area contributed by atoms with Crippen LogP contribution < -0.4 is 5.32 Å². The van der Waals surface area contributed by atoms with Crippen molar-refractivity contribution in [3.05, 3.63) is 70.0 Å². The largest absolute Gasteiger partial charge is 0.310 e. The Balaban J connectivity index is 2.25. The number of nitrogens with one attached hydrogen (secondary N) is 1. The molecule has 1 nitrogen and oxygen atoms in total. The average Bonchev–Trinajstić information content (AvgIpc) is 2.41. The van der Waals surface area contributed by atoms with E-state index in [1.807, 2.05) is 32.0 Å². The molecule has 2 rings (SSSR count). The number of likely N-dealkylation sites (N-methyl/N-ethyl adjacent to an activating group) is 1. The summed E-state index contributed by atoms with van der Waals surface area (Å²) in [6.45, 7) is 4.89. The molecule has 1 unspecified atom stereocenters. The van der Waals surface area contributed by atoms with Gasteiger partial charge >= 0.3 is 0 Å². The van der Waals surface area contributed by atoms with Crippen molar-refractivity contribution in [2.24, 2.45) is 0 Å². The predicted octanol–water partition coefficient (Wildman–Crippen LogP) is 4.68. The number of hydrogen-bond acceptors (Lipinski definition) is 1. The lowest BCUT2D eigenvalue weighted by atomic mass is 9.98. The molecule has 0 spiro atoms. The Morgan fingerprint density at radius 1 is 1.20 bits per heavy atom. The Labute approximate surface area is 124 Å². The summed E-state index contributed by atoms with van der Waals surface area (Å²) in [5.74, 6) is -0.208. The molecule has 0 aromatic heterocycles. The molecule has 3 heteroatoms. The van der Waals surface area contributed by atoms with Crippen molar-refractivity contribution in [1.82, 2.24) is 5.32 Å². The third kappa shape index (κ3) is 3.81. The van der Waals surface area contributed by atoms with Gasteiger partial charge in [0.05, 0.1) is 0 Å². The number of hydrogen-bond donors (Lipinski definition) is 1. The smallest absolute Gasteiger partial charge is 0.123 e. The Hall–Kier alpha value is -1.38. The third-order valence-electron chi connectivity index (χ3n) is 3.33. The first kappa shape index (κ1) is 15.0.